The van der Waals surface area contributed by atoms with Gasteiger partial charge in [0.2, 0.25) is 0 Å². The Kier molecular flexibility index (Phi) is 4.36. The van der Waals surface area contributed by atoms with E-state index >= 15 is 0 Å². The number of benzene rings is 1. The first-order valence-corrected chi connectivity index (χ1v) is 6.74. The van der Waals surface area contributed by atoms with E-state index in [9.17, 15) is 9.50 Å². The van der Waals surface area contributed by atoms with Gasteiger partial charge in [-0.05, 0) is 38.3 Å². The first kappa shape index (κ1) is 13.5. The summed E-state index contributed by atoms with van der Waals surface area (Å²) < 4.78 is 13.6. The second-order valence-electron chi connectivity index (χ2n) is 5.51. The van der Waals surface area contributed by atoms with Crippen molar-refractivity contribution in [1.82, 2.24) is 4.90 Å². The maximum atomic E-state index is 13.6. The summed E-state index contributed by atoms with van der Waals surface area (Å²) in [5, 5.41) is 10.2. The molecule has 18 heavy (non-hydrogen) atoms. The molecule has 2 nitrogen and oxygen atoms in total. The summed E-state index contributed by atoms with van der Waals surface area (Å²) in [7, 11) is 0. The first-order chi connectivity index (χ1) is 8.58. The predicted octanol–water partition coefficient (Wildman–Crippen LogP) is 2.98. The van der Waals surface area contributed by atoms with Gasteiger partial charge in [-0.1, -0.05) is 25.1 Å². The van der Waals surface area contributed by atoms with Gasteiger partial charge in [0.15, 0.2) is 0 Å². The van der Waals surface area contributed by atoms with Gasteiger partial charge in [-0.15, -0.1) is 0 Å². The minimum absolute atomic E-state index is 0.317. The van der Waals surface area contributed by atoms with E-state index in [2.05, 4.69) is 18.7 Å². The minimum Gasteiger partial charge on any atom is -0.387 e. The Morgan fingerprint density at radius 3 is 2.78 bits per heavy atom. The summed E-state index contributed by atoms with van der Waals surface area (Å²) in [6, 6.07) is 6.95. The van der Waals surface area contributed by atoms with Gasteiger partial charge >= 0.3 is 0 Å². The van der Waals surface area contributed by atoms with E-state index in [0.717, 1.165) is 25.3 Å². The number of aliphatic hydroxyl groups is 1. The number of hydrogen-bond donors (Lipinski definition) is 1. The summed E-state index contributed by atoms with van der Waals surface area (Å²) in [5.41, 5.74) is 0.406. The largest absolute Gasteiger partial charge is 0.387 e. The molecule has 0 spiro atoms. The molecule has 3 atom stereocenters. The van der Waals surface area contributed by atoms with E-state index in [1.54, 1.807) is 18.2 Å². The molecule has 1 fully saturated rings. The highest BCUT2D eigenvalue weighted by Crippen LogP contribution is 2.25. The zero-order chi connectivity index (χ0) is 13.1. The predicted molar refractivity (Wildman–Crippen MR) is 70.8 cm³/mol. The van der Waals surface area contributed by atoms with Gasteiger partial charge in [0, 0.05) is 18.2 Å². The third-order valence-electron chi connectivity index (χ3n) is 3.95. The zero-order valence-corrected chi connectivity index (χ0v) is 11.1. The molecule has 0 amide bonds. The normalized spacial score (nSPS) is 27.1. The van der Waals surface area contributed by atoms with Crippen molar-refractivity contribution in [2.75, 3.05) is 13.1 Å². The SMILES string of the molecule is CC1CCN(CC(O)c2ccccc2F)C(C)C1. The lowest BCUT2D eigenvalue weighted by Gasteiger charge is -2.37. The van der Waals surface area contributed by atoms with Crippen LogP contribution in [0.15, 0.2) is 24.3 Å². The average Bonchev–Trinajstić information content (AvgIpc) is 2.33. The Morgan fingerprint density at radius 2 is 2.11 bits per heavy atom. The highest BCUT2D eigenvalue weighted by Gasteiger charge is 2.25. The Bertz CT molecular complexity index is 396. The summed E-state index contributed by atoms with van der Waals surface area (Å²) >= 11 is 0. The van der Waals surface area contributed by atoms with Crippen molar-refractivity contribution in [1.29, 1.82) is 0 Å². The van der Waals surface area contributed by atoms with Gasteiger partial charge in [-0.2, -0.15) is 0 Å². The Hall–Kier alpha value is -0.930. The van der Waals surface area contributed by atoms with Crippen molar-refractivity contribution < 1.29 is 9.50 Å². The van der Waals surface area contributed by atoms with Gasteiger partial charge in [-0.3, -0.25) is 4.90 Å². The van der Waals surface area contributed by atoms with Crippen molar-refractivity contribution in [2.45, 2.75) is 38.8 Å². The monoisotopic (exact) mass is 251 g/mol. The summed E-state index contributed by atoms with van der Waals surface area (Å²) in [5.74, 6) is 0.435. The van der Waals surface area contributed by atoms with Crippen LogP contribution >= 0.6 is 0 Å². The molecule has 0 bridgehead atoms. The lowest BCUT2D eigenvalue weighted by molar-refractivity contribution is 0.0584. The average molecular weight is 251 g/mol. The Labute approximate surface area is 108 Å². The smallest absolute Gasteiger partial charge is 0.129 e. The third kappa shape index (κ3) is 3.09. The highest BCUT2D eigenvalue weighted by atomic mass is 19.1. The van der Waals surface area contributed by atoms with Crippen LogP contribution in [0.25, 0.3) is 0 Å². The molecule has 1 aromatic rings. The second kappa shape index (κ2) is 5.81. The molecule has 3 unspecified atom stereocenters. The number of halogens is 1. The van der Waals surface area contributed by atoms with Crippen molar-refractivity contribution >= 4 is 0 Å². The van der Waals surface area contributed by atoms with E-state index in [-0.39, 0.29) is 5.82 Å². The van der Waals surface area contributed by atoms with Crippen LogP contribution < -0.4 is 0 Å². The molecular formula is C15H22FNO. The Morgan fingerprint density at radius 1 is 1.39 bits per heavy atom. The van der Waals surface area contributed by atoms with Crippen LogP contribution in [-0.4, -0.2) is 29.1 Å². The van der Waals surface area contributed by atoms with Crippen LogP contribution in [0.3, 0.4) is 0 Å². The van der Waals surface area contributed by atoms with Crippen molar-refractivity contribution in [3.63, 3.8) is 0 Å². The fraction of sp³-hybridized carbons (Fsp3) is 0.600. The van der Waals surface area contributed by atoms with E-state index in [0.29, 0.717) is 18.2 Å². The quantitative estimate of drug-likeness (QED) is 0.892. The Balaban J connectivity index is 1.99. The molecule has 0 aliphatic carbocycles. The first-order valence-electron chi connectivity index (χ1n) is 6.74. The summed E-state index contributed by atoms with van der Waals surface area (Å²) in [4.78, 5) is 2.26. The van der Waals surface area contributed by atoms with Crippen molar-refractivity contribution in [2.24, 2.45) is 5.92 Å². The fourth-order valence-corrected chi connectivity index (χ4v) is 2.79. The number of piperidine rings is 1. The number of hydrogen-bond acceptors (Lipinski definition) is 2. The molecule has 1 aliphatic heterocycles. The number of rotatable bonds is 3. The van der Waals surface area contributed by atoms with Gasteiger partial charge < -0.3 is 5.11 Å². The van der Waals surface area contributed by atoms with Gasteiger partial charge in [0.25, 0.3) is 0 Å². The van der Waals surface area contributed by atoms with E-state index in [4.69, 9.17) is 0 Å². The standard InChI is InChI=1S/C15H22FNO/c1-11-7-8-17(12(2)9-11)10-15(18)13-5-3-4-6-14(13)16/h3-6,11-12,15,18H,7-10H2,1-2H3. The highest BCUT2D eigenvalue weighted by molar-refractivity contribution is 5.20. The van der Waals surface area contributed by atoms with Crippen LogP contribution in [0, 0.1) is 11.7 Å². The molecule has 3 heteroatoms. The van der Waals surface area contributed by atoms with Gasteiger partial charge in [-0.25, -0.2) is 4.39 Å². The van der Waals surface area contributed by atoms with Gasteiger partial charge in [0.05, 0.1) is 6.10 Å². The lowest BCUT2D eigenvalue weighted by Crippen LogP contribution is -2.42. The third-order valence-corrected chi connectivity index (χ3v) is 3.95. The molecule has 0 aromatic heterocycles. The van der Waals surface area contributed by atoms with Crippen LogP contribution in [0.2, 0.25) is 0 Å². The molecule has 0 radical (unpaired) electrons. The van der Waals surface area contributed by atoms with E-state index in [1.165, 1.54) is 6.07 Å². The van der Waals surface area contributed by atoms with Crippen LogP contribution in [0.5, 0.6) is 0 Å². The summed E-state index contributed by atoms with van der Waals surface area (Å²) in [6.07, 6.45) is 1.58. The molecular weight excluding hydrogens is 229 g/mol. The number of aliphatic hydroxyl groups excluding tert-OH is 1. The van der Waals surface area contributed by atoms with Gasteiger partial charge in [0.1, 0.15) is 5.82 Å². The number of nitrogens with zero attached hydrogens (tertiary/aromatic N) is 1. The molecule has 1 saturated heterocycles. The maximum absolute atomic E-state index is 13.6. The second-order valence-corrected chi connectivity index (χ2v) is 5.51. The minimum atomic E-state index is -0.734. The van der Waals surface area contributed by atoms with Crippen LogP contribution in [0.1, 0.15) is 38.4 Å². The van der Waals surface area contributed by atoms with Crippen molar-refractivity contribution in [3.05, 3.63) is 35.6 Å². The number of likely N-dealkylation sites (tertiary alicyclic amines) is 1. The molecule has 1 aromatic carbocycles. The van der Waals surface area contributed by atoms with Crippen molar-refractivity contribution in [3.8, 4) is 0 Å². The maximum Gasteiger partial charge on any atom is 0.129 e. The summed E-state index contributed by atoms with van der Waals surface area (Å²) in [6.45, 7) is 5.97. The topological polar surface area (TPSA) is 23.5 Å². The lowest BCUT2D eigenvalue weighted by atomic mass is 9.93. The van der Waals surface area contributed by atoms with E-state index < -0.39 is 6.10 Å². The molecule has 100 valence electrons. The molecule has 2 rings (SSSR count). The molecule has 1 aliphatic rings. The fourth-order valence-electron chi connectivity index (χ4n) is 2.79. The molecule has 1 heterocycles. The van der Waals surface area contributed by atoms with Crippen LogP contribution in [0.4, 0.5) is 4.39 Å². The zero-order valence-electron chi connectivity index (χ0n) is 11.1. The molecule has 1 N–H and O–H groups in total. The van der Waals surface area contributed by atoms with Crippen LogP contribution in [-0.2, 0) is 0 Å². The number of β-amino-alcohol motifs (C(OH)–C–C–N with tert-alkyl or cyclic N) is 1. The van der Waals surface area contributed by atoms with E-state index in [1.807, 2.05) is 0 Å². The molecule has 0 saturated carbocycles.